The van der Waals surface area contributed by atoms with Crippen LogP contribution >= 0.6 is 11.6 Å². The first-order valence-electron chi connectivity index (χ1n) is 3.93. The van der Waals surface area contributed by atoms with E-state index >= 15 is 0 Å². The normalized spacial score (nSPS) is 10.1. The first-order valence-corrected chi connectivity index (χ1v) is 4.30. The highest BCUT2D eigenvalue weighted by molar-refractivity contribution is 6.28. The summed E-state index contributed by atoms with van der Waals surface area (Å²) in [4.78, 5) is 18.4. The molecule has 70 valence electrons. The van der Waals surface area contributed by atoms with Crippen molar-refractivity contribution in [3.8, 4) is 5.82 Å². The molecular weight excluding hydrogens is 202 g/mol. The molecular formula is C9H6ClN3O. The second kappa shape index (κ2) is 3.59. The number of hydrogen-bond acceptors (Lipinski definition) is 3. The van der Waals surface area contributed by atoms with Crippen molar-refractivity contribution in [3.05, 3.63) is 41.6 Å². The molecule has 0 atom stereocenters. The third kappa shape index (κ3) is 1.52. The predicted octanol–water partition coefficient (Wildman–Crippen LogP) is 1.73. The maximum atomic E-state index is 10.6. The maximum absolute atomic E-state index is 10.6. The molecule has 0 aliphatic heterocycles. The Balaban J connectivity index is 2.54. The molecule has 0 fully saturated rings. The van der Waals surface area contributed by atoms with E-state index < -0.39 is 0 Å². The van der Waals surface area contributed by atoms with E-state index in [1.165, 1.54) is 0 Å². The smallest absolute Gasteiger partial charge is 0.224 e. The number of aromatic nitrogens is 3. The molecule has 0 amide bonds. The Bertz CT molecular complexity index is 467. The Hall–Kier alpha value is -1.68. The molecule has 0 radical (unpaired) electrons. The molecule has 2 aromatic heterocycles. The van der Waals surface area contributed by atoms with Crippen molar-refractivity contribution in [3.63, 3.8) is 0 Å². The molecule has 0 bridgehead atoms. The number of halogens is 1. The molecule has 0 aromatic carbocycles. The van der Waals surface area contributed by atoms with Crippen molar-refractivity contribution in [1.82, 2.24) is 14.5 Å². The fourth-order valence-electron chi connectivity index (χ4n) is 1.16. The molecule has 0 unspecified atom stereocenters. The standard InChI is InChI=1S/C9H6ClN3O/c10-9-11-4-3-8(12-9)13-5-1-2-7(13)6-14/h1-6H. The van der Waals surface area contributed by atoms with Gasteiger partial charge < -0.3 is 0 Å². The first kappa shape index (κ1) is 8.90. The molecule has 2 heterocycles. The number of hydrogen-bond donors (Lipinski definition) is 0. The SMILES string of the molecule is O=Cc1cccn1-c1ccnc(Cl)n1. The van der Waals surface area contributed by atoms with Crippen LogP contribution in [0, 0.1) is 0 Å². The number of aldehydes is 1. The Morgan fingerprint density at radius 2 is 2.29 bits per heavy atom. The second-order valence-corrected chi connectivity index (χ2v) is 2.94. The molecule has 14 heavy (non-hydrogen) atoms. The number of nitrogens with zero attached hydrogens (tertiary/aromatic N) is 3. The van der Waals surface area contributed by atoms with Gasteiger partial charge in [-0.2, -0.15) is 4.98 Å². The molecule has 2 aromatic rings. The highest BCUT2D eigenvalue weighted by Gasteiger charge is 2.03. The molecule has 0 saturated carbocycles. The Labute approximate surface area is 85.2 Å². The summed E-state index contributed by atoms with van der Waals surface area (Å²) < 4.78 is 1.64. The average molecular weight is 208 g/mol. The van der Waals surface area contributed by atoms with Gasteiger partial charge in [-0.1, -0.05) is 0 Å². The number of carbonyl (C=O) groups excluding carboxylic acids is 1. The van der Waals surface area contributed by atoms with Crippen molar-refractivity contribution < 1.29 is 4.79 Å². The van der Waals surface area contributed by atoms with E-state index in [1.807, 2.05) is 0 Å². The van der Waals surface area contributed by atoms with Crippen LogP contribution in [0.25, 0.3) is 5.82 Å². The zero-order chi connectivity index (χ0) is 9.97. The van der Waals surface area contributed by atoms with E-state index in [-0.39, 0.29) is 5.28 Å². The van der Waals surface area contributed by atoms with Crippen LogP contribution in [0.5, 0.6) is 0 Å². The summed E-state index contributed by atoms with van der Waals surface area (Å²) in [6, 6.07) is 5.14. The monoisotopic (exact) mass is 207 g/mol. The third-order valence-electron chi connectivity index (χ3n) is 1.76. The van der Waals surface area contributed by atoms with Gasteiger partial charge in [0.05, 0.1) is 5.69 Å². The fourth-order valence-corrected chi connectivity index (χ4v) is 1.30. The quantitative estimate of drug-likeness (QED) is 0.557. The molecule has 0 aliphatic rings. The molecule has 0 spiro atoms. The number of carbonyl (C=O) groups is 1. The largest absolute Gasteiger partial charge is 0.298 e. The molecule has 0 saturated heterocycles. The zero-order valence-electron chi connectivity index (χ0n) is 7.09. The van der Waals surface area contributed by atoms with Gasteiger partial charge >= 0.3 is 0 Å². The first-order chi connectivity index (χ1) is 6.81. The summed E-state index contributed by atoms with van der Waals surface area (Å²) in [7, 11) is 0. The van der Waals surface area contributed by atoms with E-state index in [0.29, 0.717) is 11.5 Å². The summed E-state index contributed by atoms with van der Waals surface area (Å²) >= 11 is 5.63. The molecule has 2 rings (SSSR count). The van der Waals surface area contributed by atoms with Crippen LogP contribution in [-0.2, 0) is 0 Å². The topological polar surface area (TPSA) is 47.8 Å². The lowest BCUT2D eigenvalue weighted by atomic mass is 10.4. The van der Waals surface area contributed by atoms with Crippen LogP contribution in [0.2, 0.25) is 5.28 Å². The van der Waals surface area contributed by atoms with Gasteiger partial charge in [0.15, 0.2) is 6.29 Å². The van der Waals surface area contributed by atoms with Crippen molar-refractivity contribution in [2.75, 3.05) is 0 Å². The van der Waals surface area contributed by atoms with Gasteiger partial charge in [0.2, 0.25) is 5.28 Å². The Morgan fingerprint density at radius 3 is 3.00 bits per heavy atom. The van der Waals surface area contributed by atoms with Crippen LogP contribution in [-0.4, -0.2) is 20.8 Å². The van der Waals surface area contributed by atoms with Crippen LogP contribution in [0.4, 0.5) is 0 Å². The highest BCUT2D eigenvalue weighted by Crippen LogP contribution is 2.09. The molecule has 5 heteroatoms. The van der Waals surface area contributed by atoms with E-state index in [1.54, 1.807) is 35.2 Å². The lowest BCUT2D eigenvalue weighted by molar-refractivity contribution is 0.111. The minimum atomic E-state index is 0.160. The number of rotatable bonds is 2. The minimum absolute atomic E-state index is 0.160. The predicted molar refractivity (Wildman–Crippen MR) is 51.8 cm³/mol. The average Bonchev–Trinajstić information content (AvgIpc) is 2.65. The summed E-state index contributed by atoms with van der Waals surface area (Å²) in [6.07, 6.45) is 4.04. The van der Waals surface area contributed by atoms with E-state index in [0.717, 1.165) is 6.29 Å². The van der Waals surface area contributed by atoms with Gasteiger partial charge in [0.25, 0.3) is 0 Å². The zero-order valence-corrected chi connectivity index (χ0v) is 7.85. The van der Waals surface area contributed by atoms with Crippen molar-refractivity contribution in [1.29, 1.82) is 0 Å². The van der Waals surface area contributed by atoms with Gasteiger partial charge in [-0.05, 0) is 29.8 Å². The van der Waals surface area contributed by atoms with Crippen molar-refractivity contribution in [2.45, 2.75) is 0 Å². The van der Waals surface area contributed by atoms with Crippen LogP contribution < -0.4 is 0 Å². The molecule has 0 aliphatic carbocycles. The third-order valence-corrected chi connectivity index (χ3v) is 1.94. The van der Waals surface area contributed by atoms with Crippen LogP contribution in [0.3, 0.4) is 0 Å². The van der Waals surface area contributed by atoms with E-state index in [4.69, 9.17) is 11.6 Å². The van der Waals surface area contributed by atoms with Crippen molar-refractivity contribution >= 4 is 17.9 Å². The van der Waals surface area contributed by atoms with Gasteiger partial charge in [0.1, 0.15) is 5.82 Å². The van der Waals surface area contributed by atoms with Crippen LogP contribution in [0.15, 0.2) is 30.6 Å². The summed E-state index contributed by atoms with van der Waals surface area (Å²) in [5.41, 5.74) is 0.528. The minimum Gasteiger partial charge on any atom is -0.298 e. The van der Waals surface area contributed by atoms with Gasteiger partial charge in [-0.15, -0.1) is 0 Å². The van der Waals surface area contributed by atoms with Gasteiger partial charge in [-0.3, -0.25) is 9.36 Å². The fraction of sp³-hybridized carbons (Fsp3) is 0. The Morgan fingerprint density at radius 1 is 1.43 bits per heavy atom. The maximum Gasteiger partial charge on any atom is 0.224 e. The summed E-state index contributed by atoms with van der Waals surface area (Å²) in [6.45, 7) is 0. The van der Waals surface area contributed by atoms with E-state index in [2.05, 4.69) is 9.97 Å². The lowest BCUT2D eigenvalue weighted by Crippen LogP contribution is -2.00. The Kier molecular flexibility index (Phi) is 2.28. The lowest BCUT2D eigenvalue weighted by Gasteiger charge is -2.02. The van der Waals surface area contributed by atoms with Crippen LogP contribution in [0.1, 0.15) is 10.5 Å². The second-order valence-electron chi connectivity index (χ2n) is 2.60. The highest BCUT2D eigenvalue weighted by atomic mass is 35.5. The van der Waals surface area contributed by atoms with Crippen molar-refractivity contribution in [2.24, 2.45) is 0 Å². The summed E-state index contributed by atoms with van der Waals surface area (Å²) in [5, 5.41) is 0.160. The molecule has 0 N–H and O–H groups in total. The van der Waals surface area contributed by atoms with Gasteiger partial charge in [0, 0.05) is 12.4 Å². The van der Waals surface area contributed by atoms with Gasteiger partial charge in [-0.25, -0.2) is 4.98 Å². The summed E-state index contributed by atoms with van der Waals surface area (Å²) in [5.74, 6) is 0.581. The van der Waals surface area contributed by atoms with E-state index in [9.17, 15) is 4.79 Å². The molecule has 4 nitrogen and oxygen atoms in total.